The summed E-state index contributed by atoms with van der Waals surface area (Å²) < 4.78 is 6.50. The molecule has 7 heteroatoms. The molecule has 1 N–H and O–H groups in total. The van der Waals surface area contributed by atoms with E-state index in [1.54, 1.807) is 17.6 Å². The molecule has 0 saturated carbocycles. The van der Waals surface area contributed by atoms with Crippen LogP contribution in [0, 0.1) is 0 Å². The van der Waals surface area contributed by atoms with Crippen molar-refractivity contribution in [3.05, 3.63) is 70.6 Å². The van der Waals surface area contributed by atoms with Crippen molar-refractivity contribution >= 4 is 33.5 Å². The number of anilines is 1. The molecular weight excluding hydrogens is 348 g/mol. The number of carbonyl (C=O) groups excluding carboxylic acids is 1. The van der Waals surface area contributed by atoms with Crippen LogP contribution < -0.4 is 5.32 Å². The first-order chi connectivity index (χ1) is 12.7. The largest absolute Gasteiger partial charge is 0.407 e. The van der Waals surface area contributed by atoms with E-state index < -0.39 is 0 Å². The van der Waals surface area contributed by atoms with E-state index in [0.29, 0.717) is 17.9 Å². The maximum Gasteiger partial charge on any atom is 0.322 e. The summed E-state index contributed by atoms with van der Waals surface area (Å²) >= 11 is 1.49. The third-order valence-electron chi connectivity index (χ3n) is 4.07. The van der Waals surface area contributed by atoms with Crippen LogP contribution in [0.15, 0.2) is 52.4 Å². The van der Waals surface area contributed by atoms with Crippen LogP contribution in [0.4, 0.5) is 6.01 Å². The number of hydrogen-bond donors (Lipinski definition) is 1. The molecule has 4 aromatic rings. The number of thiazole rings is 1. The van der Waals surface area contributed by atoms with Crippen molar-refractivity contribution in [2.45, 2.75) is 19.8 Å². The van der Waals surface area contributed by atoms with Crippen LogP contribution >= 0.6 is 11.3 Å². The third kappa shape index (κ3) is 3.48. The molecule has 26 heavy (non-hydrogen) atoms. The fraction of sp³-hybridized carbons (Fsp3) is 0.158. The van der Waals surface area contributed by atoms with Crippen molar-refractivity contribution in [2.24, 2.45) is 0 Å². The van der Waals surface area contributed by atoms with Gasteiger partial charge in [0.25, 0.3) is 5.91 Å². The molecule has 2 heterocycles. The van der Waals surface area contributed by atoms with E-state index in [1.165, 1.54) is 16.9 Å². The van der Waals surface area contributed by atoms with Crippen molar-refractivity contribution < 1.29 is 9.21 Å². The van der Waals surface area contributed by atoms with Crippen molar-refractivity contribution in [1.29, 1.82) is 0 Å². The van der Waals surface area contributed by atoms with Crippen molar-refractivity contribution in [3.8, 4) is 0 Å². The fourth-order valence-corrected chi connectivity index (χ4v) is 3.32. The van der Waals surface area contributed by atoms with Gasteiger partial charge in [-0.25, -0.2) is 4.98 Å². The maximum atomic E-state index is 12.4. The minimum atomic E-state index is -0.289. The summed E-state index contributed by atoms with van der Waals surface area (Å²) in [4.78, 5) is 16.6. The first-order valence-corrected chi connectivity index (χ1v) is 9.14. The molecule has 0 atom stereocenters. The summed E-state index contributed by atoms with van der Waals surface area (Å²) in [5.74, 6) is 0.172. The summed E-state index contributed by atoms with van der Waals surface area (Å²) in [7, 11) is 0. The van der Waals surface area contributed by atoms with Crippen LogP contribution in [-0.4, -0.2) is 21.1 Å². The number of carbonyl (C=O) groups is 1. The SMILES string of the molecule is CCc1ccc(Cc2nnc(NC(=O)c3ccc4ncsc4c3)o2)cc1. The zero-order chi connectivity index (χ0) is 17.9. The molecule has 0 aliphatic rings. The average Bonchev–Trinajstić information content (AvgIpc) is 3.31. The molecule has 1 amide bonds. The lowest BCUT2D eigenvalue weighted by molar-refractivity contribution is 0.102. The Morgan fingerprint density at radius 1 is 1.12 bits per heavy atom. The standard InChI is InChI=1S/C19H16N4O2S/c1-2-12-3-5-13(6-4-12)9-17-22-23-19(25-17)21-18(24)14-7-8-15-16(10-14)26-11-20-15/h3-8,10-11H,2,9H2,1H3,(H,21,23,24). The number of fused-ring (bicyclic) bond motifs is 1. The Morgan fingerprint density at radius 3 is 2.73 bits per heavy atom. The molecule has 0 radical (unpaired) electrons. The van der Waals surface area contributed by atoms with E-state index in [9.17, 15) is 4.79 Å². The molecule has 0 bridgehead atoms. The van der Waals surface area contributed by atoms with Gasteiger partial charge in [0, 0.05) is 5.56 Å². The van der Waals surface area contributed by atoms with E-state index in [-0.39, 0.29) is 11.9 Å². The molecule has 0 unspecified atom stereocenters. The topological polar surface area (TPSA) is 80.9 Å². The second-order valence-corrected chi connectivity index (χ2v) is 6.72. The van der Waals surface area contributed by atoms with Gasteiger partial charge in [0.15, 0.2) is 0 Å². The van der Waals surface area contributed by atoms with Crippen molar-refractivity contribution in [3.63, 3.8) is 0 Å². The first kappa shape index (κ1) is 16.4. The highest BCUT2D eigenvalue weighted by atomic mass is 32.1. The summed E-state index contributed by atoms with van der Waals surface area (Å²) in [6.07, 6.45) is 1.53. The van der Waals surface area contributed by atoms with Gasteiger partial charge < -0.3 is 4.42 Å². The van der Waals surface area contributed by atoms with Crippen LogP contribution in [0.2, 0.25) is 0 Å². The Balaban J connectivity index is 1.44. The van der Waals surface area contributed by atoms with Gasteiger partial charge in [0.05, 0.1) is 22.1 Å². The van der Waals surface area contributed by atoms with Gasteiger partial charge in [-0.05, 0) is 35.7 Å². The van der Waals surface area contributed by atoms with E-state index in [2.05, 4.69) is 39.6 Å². The molecule has 6 nitrogen and oxygen atoms in total. The molecule has 0 aliphatic heterocycles. The number of amides is 1. The zero-order valence-corrected chi connectivity index (χ0v) is 14.9. The molecule has 130 valence electrons. The quantitative estimate of drug-likeness (QED) is 0.577. The van der Waals surface area contributed by atoms with Gasteiger partial charge in [-0.2, -0.15) is 0 Å². The molecule has 0 fully saturated rings. The van der Waals surface area contributed by atoms with E-state index in [0.717, 1.165) is 22.2 Å². The number of hydrogen-bond acceptors (Lipinski definition) is 6. The van der Waals surface area contributed by atoms with Crippen molar-refractivity contribution in [1.82, 2.24) is 15.2 Å². The molecule has 4 rings (SSSR count). The zero-order valence-electron chi connectivity index (χ0n) is 14.1. The van der Waals surface area contributed by atoms with E-state index in [4.69, 9.17) is 4.42 Å². The molecule has 0 saturated heterocycles. The van der Waals surface area contributed by atoms with E-state index >= 15 is 0 Å². The predicted molar refractivity (Wildman–Crippen MR) is 100 cm³/mol. The van der Waals surface area contributed by atoms with Crippen LogP contribution in [0.25, 0.3) is 10.2 Å². The molecule has 2 aromatic carbocycles. The fourth-order valence-electron chi connectivity index (χ4n) is 2.61. The molecule has 0 aliphatic carbocycles. The Bertz CT molecular complexity index is 1050. The molecule has 2 aromatic heterocycles. The van der Waals surface area contributed by atoms with Gasteiger partial charge in [0.1, 0.15) is 0 Å². The lowest BCUT2D eigenvalue weighted by Crippen LogP contribution is -2.11. The van der Waals surface area contributed by atoms with Crippen LogP contribution in [0.5, 0.6) is 0 Å². The smallest absolute Gasteiger partial charge is 0.322 e. The highest BCUT2D eigenvalue weighted by Crippen LogP contribution is 2.20. The summed E-state index contributed by atoms with van der Waals surface area (Å²) in [6.45, 7) is 2.12. The Morgan fingerprint density at radius 2 is 1.92 bits per heavy atom. The third-order valence-corrected chi connectivity index (χ3v) is 4.86. The van der Waals surface area contributed by atoms with Gasteiger partial charge in [-0.15, -0.1) is 16.4 Å². The summed E-state index contributed by atoms with van der Waals surface area (Å²) in [6, 6.07) is 13.7. The van der Waals surface area contributed by atoms with Gasteiger partial charge in [0.2, 0.25) is 5.89 Å². The maximum absolute atomic E-state index is 12.4. The summed E-state index contributed by atoms with van der Waals surface area (Å²) in [5, 5.41) is 10.6. The van der Waals surface area contributed by atoms with Crippen LogP contribution in [0.1, 0.15) is 34.3 Å². The number of aromatic nitrogens is 3. The van der Waals surface area contributed by atoms with Gasteiger partial charge in [-0.1, -0.05) is 36.3 Å². The number of aryl methyl sites for hydroxylation is 1. The van der Waals surface area contributed by atoms with E-state index in [1.807, 2.05) is 18.2 Å². The Labute approximate surface area is 153 Å². The van der Waals surface area contributed by atoms with Gasteiger partial charge >= 0.3 is 6.01 Å². The second-order valence-electron chi connectivity index (χ2n) is 5.84. The predicted octanol–water partition coefficient (Wildman–Crippen LogP) is 4.08. The lowest BCUT2D eigenvalue weighted by atomic mass is 10.1. The normalized spacial score (nSPS) is 11.0. The van der Waals surface area contributed by atoms with Gasteiger partial charge in [-0.3, -0.25) is 10.1 Å². The molecular formula is C19H16N4O2S. The Hall–Kier alpha value is -3.06. The minimum Gasteiger partial charge on any atom is -0.407 e. The van der Waals surface area contributed by atoms with Crippen LogP contribution in [-0.2, 0) is 12.8 Å². The highest BCUT2D eigenvalue weighted by molar-refractivity contribution is 7.16. The number of rotatable bonds is 5. The minimum absolute atomic E-state index is 0.0968. The number of benzene rings is 2. The Kier molecular flexibility index (Phi) is 4.45. The lowest BCUT2D eigenvalue weighted by Gasteiger charge is -2.01. The monoisotopic (exact) mass is 364 g/mol. The van der Waals surface area contributed by atoms with Crippen molar-refractivity contribution in [2.75, 3.05) is 5.32 Å². The highest BCUT2D eigenvalue weighted by Gasteiger charge is 2.13. The average molecular weight is 364 g/mol. The second kappa shape index (κ2) is 7.05. The number of nitrogens with one attached hydrogen (secondary N) is 1. The summed E-state index contributed by atoms with van der Waals surface area (Å²) in [5.41, 5.74) is 5.52. The number of nitrogens with zero attached hydrogens (tertiary/aromatic N) is 3. The van der Waals surface area contributed by atoms with Crippen LogP contribution in [0.3, 0.4) is 0 Å². The first-order valence-electron chi connectivity index (χ1n) is 8.26. The molecule has 0 spiro atoms.